The van der Waals surface area contributed by atoms with Gasteiger partial charge in [0, 0.05) is 24.3 Å². The van der Waals surface area contributed by atoms with Crippen LogP contribution in [0.25, 0.3) is 0 Å². The Kier molecular flexibility index (Phi) is 6.89. The third-order valence-corrected chi connectivity index (χ3v) is 3.16. The molecule has 0 saturated heterocycles. The smallest absolute Gasteiger partial charge is 0.252 e. The lowest BCUT2D eigenvalue weighted by molar-refractivity contribution is -0.122. The number of rotatable bonds is 7. The molecule has 3 N–H and O–H groups in total. The number of hydrogen-bond donors (Lipinski definition) is 3. The summed E-state index contributed by atoms with van der Waals surface area (Å²) < 4.78 is 0. The molecular formula is C17H27N3O2. The van der Waals surface area contributed by atoms with E-state index in [1.54, 1.807) is 19.2 Å². The Hall–Kier alpha value is -2.04. The largest absolute Gasteiger partial charge is 0.383 e. The minimum absolute atomic E-state index is 0.168. The number of nitrogens with one attached hydrogen (secondary N) is 3. The highest BCUT2D eigenvalue weighted by atomic mass is 16.2. The van der Waals surface area contributed by atoms with E-state index in [0.717, 1.165) is 5.69 Å². The van der Waals surface area contributed by atoms with Gasteiger partial charge < -0.3 is 16.0 Å². The van der Waals surface area contributed by atoms with Gasteiger partial charge in [0.2, 0.25) is 5.91 Å². The molecule has 0 aliphatic rings. The van der Waals surface area contributed by atoms with Crippen LogP contribution in [-0.2, 0) is 4.79 Å². The summed E-state index contributed by atoms with van der Waals surface area (Å²) in [6.07, 6.45) is 0.606. The molecule has 0 aliphatic heterocycles. The molecule has 0 saturated carbocycles. The van der Waals surface area contributed by atoms with Gasteiger partial charge in [0.1, 0.15) is 6.04 Å². The Morgan fingerprint density at radius 3 is 2.36 bits per heavy atom. The molecule has 0 heterocycles. The predicted molar refractivity (Wildman–Crippen MR) is 90.0 cm³/mol. The molecule has 5 nitrogen and oxygen atoms in total. The number of carbonyl (C=O) groups excluding carboxylic acids is 2. The number of hydrogen-bond acceptors (Lipinski definition) is 3. The highest BCUT2D eigenvalue weighted by Crippen LogP contribution is 2.13. The summed E-state index contributed by atoms with van der Waals surface area (Å²) in [6.45, 7) is 8.12. The molecule has 1 aromatic carbocycles. The minimum atomic E-state index is -0.515. The van der Waals surface area contributed by atoms with Gasteiger partial charge >= 0.3 is 0 Å². The van der Waals surface area contributed by atoms with Crippen molar-refractivity contribution >= 4 is 17.5 Å². The monoisotopic (exact) mass is 305 g/mol. The summed E-state index contributed by atoms with van der Waals surface area (Å²) in [5.74, 6) is -0.0864. The molecule has 1 aromatic rings. The predicted octanol–water partition coefficient (Wildman–Crippen LogP) is 2.40. The van der Waals surface area contributed by atoms with E-state index in [1.165, 1.54) is 0 Å². The van der Waals surface area contributed by atoms with Gasteiger partial charge in [0.25, 0.3) is 5.91 Å². The molecule has 0 radical (unpaired) electrons. The number of anilines is 1. The van der Waals surface area contributed by atoms with Gasteiger partial charge in [-0.2, -0.15) is 0 Å². The maximum Gasteiger partial charge on any atom is 0.252 e. The molecule has 0 aromatic heterocycles. The van der Waals surface area contributed by atoms with Crippen LogP contribution in [-0.4, -0.2) is 30.9 Å². The van der Waals surface area contributed by atoms with Crippen molar-refractivity contribution in [3.05, 3.63) is 29.8 Å². The Morgan fingerprint density at radius 2 is 1.82 bits per heavy atom. The van der Waals surface area contributed by atoms with Gasteiger partial charge in [-0.1, -0.05) is 19.9 Å². The van der Waals surface area contributed by atoms with Crippen molar-refractivity contribution in [1.29, 1.82) is 0 Å². The van der Waals surface area contributed by atoms with Crippen LogP contribution in [0, 0.1) is 5.92 Å². The van der Waals surface area contributed by atoms with Crippen molar-refractivity contribution in [2.75, 3.05) is 12.4 Å². The molecule has 1 rings (SSSR count). The summed E-state index contributed by atoms with van der Waals surface area (Å²) >= 11 is 0. The van der Waals surface area contributed by atoms with E-state index >= 15 is 0 Å². The second-order valence-electron chi connectivity index (χ2n) is 6.15. The van der Waals surface area contributed by atoms with Crippen LogP contribution in [0.3, 0.4) is 0 Å². The molecule has 22 heavy (non-hydrogen) atoms. The van der Waals surface area contributed by atoms with Crippen LogP contribution in [0.15, 0.2) is 24.3 Å². The topological polar surface area (TPSA) is 70.2 Å². The van der Waals surface area contributed by atoms with Crippen molar-refractivity contribution in [1.82, 2.24) is 10.6 Å². The zero-order valence-corrected chi connectivity index (χ0v) is 14.1. The average Bonchev–Trinajstić information content (AvgIpc) is 2.44. The first-order valence-electron chi connectivity index (χ1n) is 7.72. The quantitative estimate of drug-likeness (QED) is 0.724. The average molecular weight is 305 g/mol. The Bertz CT molecular complexity index is 512. The van der Waals surface area contributed by atoms with Crippen molar-refractivity contribution in [2.45, 2.75) is 46.2 Å². The molecule has 0 unspecified atom stereocenters. The first-order chi connectivity index (χ1) is 10.3. The highest BCUT2D eigenvalue weighted by molar-refractivity contribution is 5.98. The molecule has 0 spiro atoms. The molecule has 5 heteroatoms. The van der Waals surface area contributed by atoms with Crippen molar-refractivity contribution in [3.8, 4) is 0 Å². The van der Waals surface area contributed by atoms with E-state index in [0.29, 0.717) is 17.9 Å². The summed E-state index contributed by atoms with van der Waals surface area (Å²) in [7, 11) is 1.58. The van der Waals surface area contributed by atoms with Gasteiger partial charge in [0.15, 0.2) is 0 Å². The highest BCUT2D eigenvalue weighted by Gasteiger charge is 2.21. The lowest BCUT2D eigenvalue weighted by Gasteiger charge is -2.19. The number of carbonyl (C=O) groups is 2. The summed E-state index contributed by atoms with van der Waals surface area (Å²) in [4.78, 5) is 24.3. The van der Waals surface area contributed by atoms with Crippen LogP contribution in [0.1, 0.15) is 44.5 Å². The lowest BCUT2D eigenvalue weighted by atomic mass is 10.0. The molecule has 0 bridgehead atoms. The summed E-state index contributed by atoms with van der Waals surface area (Å²) in [5, 5.41) is 8.68. The van der Waals surface area contributed by atoms with Crippen LogP contribution in [0.5, 0.6) is 0 Å². The molecule has 1 atom stereocenters. The van der Waals surface area contributed by atoms with E-state index in [1.807, 2.05) is 39.8 Å². The fourth-order valence-electron chi connectivity index (χ4n) is 2.20. The zero-order valence-electron chi connectivity index (χ0n) is 14.1. The molecule has 2 amide bonds. The van der Waals surface area contributed by atoms with Crippen molar-refractivity contribution in [2.24, 2.45) is 5.92 Å². The second-order valence-corrected chi connectivity index (χ2v) is 6.15. The van der Waals surface area contributed by atoms with Crippen molar-refractivity contribution < 1.29 is 9.59 Å². The summed E-state index contributed by atoms with van der Waals surface area (Å²) in [6, 6.07) is 7.07. The Balaban J connectivity index is 2.83. The zero-order chi connectivity index (χ0) is 16.7. The first-order valence-corrected chi connectivity index (χ1v) is 7.72. The van der Waals surface area contributed by atoms with E-state index < -0.39 is 6.04 Å². The first kappa shape index (κ1) is 18.0. The second kappa shape index (κ2) is 8.41. The van der Waals surface area contributed by atoms with E-state index in [2.05, 4.69) is 16.0 Å². The minimum Gasteiger partial charge on any atom is -0.383 e. The number of benzene rings is 1. The molecule has 0 aliphatic carbocycles. The number of likely N-dealkylation sites (N-methyl/N-ethyl adjacent to an activating group) is 1. The molecule has 122 valence electrons. The normalized spacial score (nSPS) is 12.1. The van der Waals surface area contributed by atoms with Crippen LogP contribution in [0.4, 0.5) is 5.69 Å². The molecular weight excluding hydrogens is 278 g/mol. The standard InChI is InChI=1S/C17H27N3O2/c1-11(2)9-15(17(22)18-5)20-16(21)13-7-6-8-14(10-13)19-12(3)4/h6-8,10-12,15,19H,9H2,1-5H3,(H,18,22)(H,20,21)/t15-/m1/s1. The van der Waals surface area contributed by atoms with E-state index in [4.69, 9.17) is 0 Å². The third-order valence-electron chi connectivity index (χ3n) is 3.16. The maximum atomic E-state index is 12.4. The van der Waals surface area contributed by atoms with E-state index in [9.17, 15) is 9.59 Å². The molecule has 0 fully saturated rings. The van der Waals surface area contributed by atoms with Gasteiger partial charge in [-0.3, -0.25) is 9.59 Å². The SMILES string of the molecule is CNC(=O)[C@@H](CC(C)C)NC(=O)c1cccc(NC(C)C)c1. The van der Waals surface area contributed by atoms with E-state index in [-0.39, 0.29) is 17.9 Å². The maximum absolute atomic E-state index is 12.4. The van der Waals surface area contributed by atoms with Gasteiger partial charge in [-0.05, 0) is 44.4 Å². The van der Waals surface area contributed by atoms with Crippen LogP contribution >= 0.6 is 0 Å². The fourth-order valence-corrected chi connectivity index (χ4v) is 2.20. The third kappa shape index (κ3) is 5.76. The van der Waals surface area contributed by atoms with Gasteiger partial charge in [0.05, 0.1) is 0 Å². The fraction of sp³-hybridized carbons (Fsp3) is 0.529. The summed E-state index contributed by atoms with van der Waals surface area (Å²) in [5.41, 5.74) is 1.44. The lowest BCUT2D eigenvalue weighted by Crippen LogP contribution is -2.46. The van der Waals surface area contributed by atoms with Crippen LogP contribution in [0.2, 0.25) is 0 Å². The Labute approximate surface area is 132 Å². The Morgan fingerprint density at radius 1 is 1.14 bits per heavy atom. The van der Waals surface area contributed by atoms with Crippen LogP contribution < -0.4 is 16.0 Å². The van der Waals surface area contributed by atoms with Crippen molar-refractivity contribution in [3.63, 3.8) is 0 Å². The van der Waals surface area contributed by atoms with Gasteiger partial charge in [-0.25, -0.2) is 0 Å². The number of amides is 2. The van der Waals surface area contributed by atoms with Gasteiger partial charge in [-0.15, -0.1) is 0 Å².